The summed E-state index contributed by atoms with van der Waals surface area (Å²) in [5.74, 6) is -2.02. The van der Waals surface area contributed by atoms with E-state index in [0.29, 0.717) is 0 Å². The molecule has 140 valence electrons. The first kappa shape index (κ1) is 21.0. The molecule has 0 aliphatic carbocycles. The number of hydrogen-bond acceptors (Lipinski definition) is 5. The van der Waals surface area contributed by atoms with Gasteiger partial charge in [-0.25, -0.2) is 9.59 Å². The van der Waals surface area contributed by atoms with Crippen LogP contribution in [0.15, 0.2) is 42.5 Å². The van der Waals surface area contributed by atoms with Crippen LogP contribution in [-0.4, -0.2) is 36.4 Å². The molecule has 0 amide bonds. The van der Waals surface area contributed by atoms with Crippen molar-refractivity contribution in [1.29, 1.82) is 0 Å². The molecule has 0 aromatic heterocycles. The lowest BCUT2D eigenvalue weighted by Gasteiger charge is -2.09. The number of benzene rings is 2. The molecule has 0 aliphatic rings. The van der Waals surface area contributed by atoms with E-state index < -0.39 is 11.9 Å². The van der Waals surface area contributed by atoms with Crippen LogP contribution in [0, 0.1) is 6.92 Å². The maximum Gasteiger partial charge on any atom is 0.414 e. The van der Waals surface area contributed by atoms with Gasteiger partial charge >= 0.3 is 11.9 Å². The summed E-state index contributed by atoms with van der Waals surface area (Å²) in [4.78, 5) is 18.2. The lowest BCUT2D eigenvalue weighted by molar-refractivity contribution is -0.159. The van der Waals surface area contributed by atoms with E-state index in [0.717, 1.165) is 30.2 Å². The van der Waals surface area contributed by atoms with Crippen molar-refractivity contribution < 1.29 is 29.3 Å². The summed E-state index contributed by atoms with van der Waals surface area (Å²) in [7, 11) is 3.33. The summed E-state index contributed by atoms with van der Waals surface area (Å²) in [5, 5.41) is 18.2. The van der Waals surface area contributed by atoms with Gasteiger partial charge in [0.1, 0.15) is 11.5 Å². The zero-order chi connectivity index (χ0) is 19.5. The number of rotatable bonds is 6. The first-order valence-corrected chi connectivity index (χ1v) is 7.80. The Morgan fingerprint density at radius 1 is 0.846 bits per heavy atom. The van der Waals surface area contributed by atoms with Crippen molar-refractivity contribution in [3.8, 4) is 11.5 Å². The topological polar surface area (TPSA) is 105 Å². The summed E-state index contributed by atoms with van der Waals surface area (Å²) in [6, 6.07) is 14.5. The van der Waals surface area contributed by atoms with Gasteiger partial charge in [0.2, 0.25) is 0 Å². The molecule has 0 atom stereocenters. The van der Waals surface area contributed by atoms with Crippen LogP contribution in [0.5, 0.6) is 11.5 Å². The number of nitrogens with one attached hydrogen (secondary N) is 1. The van der Waals surface area contributed by atoms with Crippen LogP contribution in [0.1, 0.15) is 16.7 Å². The molecule has 2 aromatic carbocycles. The van der Waals surface area contributed by atoms with Gasteiger partial charge in [-0.3, -0.25) is 0 Å². The standard InChI is InChI=1S/C17H21NO2.C2H2O4/c1-13-4-6-14(7-5-13)11-18-12-15-8-16(19-2)10-17(9-15)20-3;3-1(4)2(5)6/h4-10,18H,11-12H2,1-3H3;(H,3,4)(H,5,6). The molecule has 26 heavy (non-hydrogen) atoms. The normalized spacial score (nSPS) is 9.65. The largest absolute Gasteiger partial charge is 0.497 e. The molecule has 0 aliphatic heterocycles. The van der Waals surface area contributed by atoms with Gasteiger partial charge in [0, 0.05) is 19.2 Å². The fraction of sp³-hybridized carbons (Fsp3) is 0.263. The number of methoxy groups -OCH3 is 2. The monoisotopic (exact) mass is 361 g/mol. The minimum absolute atomic E-state index is 0.779. The van der Waals surface area contributed by atoms with Crippen LogP contribution >= 0.6 is 0 Å². The zero-order valence-corrected chi connectivity index (χ0v) is 15.0. The molecule has 0 bridgehead atoms. The van der Waals surface area contributed by atoms with Crippen LogP contribution in [0.4, 0.5) is 0 Å². The van der Waals surface area contributed by atoms with E-state index >= 15 is 0 Å². The summed E-state index contributed by atoms with van der Waals surface area (Å²) in [5.41, 5.74) is 3.71. The number of aryl methyl sites for hydroxylation is 1. The Kier molecular flexibility index (Phi) is 8.66. The van der Waals surface area contributed by atoms with Crippen LogP contribution in [-0.2, 0) is 22.7 Å². The van der Waals surface area contributed by atoms with Crippen LogP contribution in [0.25, 0.3) is 0 Å². The summed E-state index contributed by atoms with van der Waals surface area (Å²) in [6.45, 7) is 3.72. The van der Waals surface area contributed by atoms with Crippen molar-refractivity contribution in [2.75, 3.05) is 14.2 Å². The van der Waals surface area contributed by atoms with Gasteiger partial charge in [0.15, 0.2) is 0 Å². The summed E-state index contributed by atoms with van der Waals surface area (Å²) < 4.78 is 10.5. The fourth-order valence-corrected chi connectivity index (χ4v) is 2.03. The maximum atomic E-state index is 9.10. The molecular formula is C19H23NO6. The summed E-state index contributed by atoms with van der Waals surface area (Å²) >= 11 is 0. The second-order valence-corrected chi connectivity index (χ2v) is 5.42. The van der Waals surface area contributed by atoms with E-state index in [1.54, 1.807) is 14.2 Å². The van der Waals surface area contributed by atoms with Crippen molar-refractivity contribution in [2.24, 2.45) is 0 Å². The van der Waals surface area contributed by atoms with Gasteiger partial charge in [0.25, 0.3) is 0 Å². The smallest absolute Gasteiger partial charge is 0.414 e. The molecule has 2 aromatic rings. The number of carboxylic acid groups (broad SMARTS) is 2. The molecule has 3 N–H and O–H groups in total. The molecule has 0 radical (unpaired) electrons. The Bertz CT molecular complexity index is 693. The maximum absolute atomic E-state index is 9.10. The third kappa shape index (κ3) is 7.67. The minimum Gasteiger partial charge on any atom is -0.497 e. The Morgan fingerprint density at radius 3 is 1.73 bits per heavy atom. The molecule has 0 fully saturated rings. The summed E-state index contributed by atoms with van der Waals surface area (Å²) in [6.07, 6.45) is 0. The molecule has 0 saturated heterocycles. The predicted molar refractivity (Wildman–Crippen MR) is 96.5 cm³/mol. The van der Waals surface area contributed by atoms with Gasteiger partial charge in [0.05, 0.1) is 14.2 Å². The highest BCUT2D eigenvalue weighted by Gasteiger charge is 2.04. The Hall–Kier alpha value is -3.06. The molecule has 0 saturated carbocycles. The third-order valence-corrected chi connectivity index (χ3v) is 3.37. The van der Waals surface area contributed by atoms with E-state index in [1.807, 2.05) is 18.2 Å². The minimum atomic E-state index is -1.82. The molecule has 0 heterocycles. The number of aliphatic carboxylic acids is 2. The number of carboxylic acids is 2. The van der Waals surface area contributed by atoms with Gasteiger partial charge in [-0.1, -0.05) is 29.8 Å². The molecular weight excluding hydrogens is 338 g/mol. The van der Waals surface area contributed by atoms with Crippen LogP contribution in [0.3, 0.4) is 0 Å². The number of ether oxygens (including phenoxy) is 2. The Morgan fingerprint density at radius 2 is 1.31 bits per heavy atom. The van der Waals surface area contributed by atoms with E-state index in [9.17, 15) is 0 Å². The van der Waals surface area contributed by atoms with Crippen molar-refractivity contribution in [3.05, 3.63) is 59.2 Å². The lowest BCUT2D eigenvalue weighted by atomic mass is 10.1. The molecule has 7 nitrogen and oxygen atoms in total. The fourth-order valence-electron chi connectivity index (χ4n) is 2.03. The molecule has 2 rings (SSSR count). The van der Waals surface area contributed by atoms with Gasteiger partial charge < -0.3 is 25.0 Å². The molecule has 0 unspecified atom stereocenters. The Labute approximate surface area is 152 Å². The highest BCUT2D eigenvalue weighted by atomic mass is 16.5. The number of carbonyl (C=O) groups is 2. The second-order valence-electron chi connectivity index (χ2n) is 5.42. The second kappa shape index (κ2) is 10.7. The Balaban J connectivity index is 0.000000487. The van der Waals surface area contributed by atoms with Crippen LogP contribution < -0.4 is 14.8 Å². The lowest BCUT2D eigenvalue weighted by Crippen LogP contribution is -2.12. The zero-order valence-electron chi connectivity index (χ0n) is 15.0. The quantitative estimate of drug-likeness (QED) is 0.679. The van der Waals surface area contributed by atoms with Crippen molar-refractivity contribution >= 4 is 11.9 Å². The van der Waals surface area contributed by atoms with Crippen molar-refractivity contribution in [3.63, 3.8) is 0 Å². The molecule has 7 heteroatoms. The van der Waals surface area contributed by atoms with E-state index in [-0.39, 0.29) is 0 Å². The van der Waals surface area contributed by atoms with Crippen molar-refractivity contribution in [1.82, 2.24) is 5.32 Å². The highest BCUT2D eigenvalue weighted by molar-refractivity contribution is 6.27. The first-order valence-electron chi connectivity index (χ1n) is 7.80. The average molecular weight is 361 g/mol. The highest BCUT2D eigenvalue weighted by Crippen LogP contribution is 2.22. The third-order valence-electron chi connectivity index (χ3n) is 3.37. The van der Waals surface area contributed by atoms with Gasteiger partial charge in [-0.2, -0.15) is 0 Å². The van der Waals surface area contributed by atoms with E-state index in [4.69, 9.17) is 29.3 Å². The average Bonchev–Trinajstić information content (AvgIpc) is 2.63. The number of hydrogen-bond donors (Lipinski definition) is 3. The first-order chi connectivity index (χ1) is 12.3. The van der Waals surface area contributed by atoms with E-state index in [1.165, 1.54) is 11.1 Å². The van der Waals surface area contributed by atoms with E-state index in [2.05, 4.69) is 36.5 Å². The van der Waals surface area contributed by atoms with Gasteiger partial charge in [-0.05, 0) is 30.2 Å². The van der Waals surface area contributed by atoms with Crippen LogP contribution in [0.2, 0.25) is 0 Å². The molecule has 0 spiro atoms. The van der Waals surface area contributed by atoms with Gasteiger partial charge in [-0.15, -0.1) is 0 Å². The SMILES string of the molecule is COc1cc(CNCc2ccc(C)cc2)cc(OC)c1.O=C(O)C(=O)O. The predicted octanol–water partition coefficient (Wildman–Crippen LogP) is 2.46. The van der Waals surface area contributed by atoms with Crippen molar-refractivity contribution in [2.45, 2.75) is 20.0 Å².